The zero-order valence-corrected chi connectivity index (χ0v) is 15.8. The number of pyridine rings is 1. The quantitative estimate of drug-likeness (QED) is 0.461. The fraction of sp³-hybridized carbons (Fsp3) is 0.0909. The molecule has 0 aliphatic carbocycles. The van der Waals surface area contributed by atoms with Gasteiger partial charge in [-0.3, -0.25) is 4.98 Å². The predicted octanol–water partition coefficient (Wildman–Crippen LogP) is 2.86. The Labute approximate surface area is 171 Å². The second-order valence-electron chi connectivity index (χ2n) is 7.10. The summed E-state index contributed by atoms with van der Waals surface area (Å²) >= 11 is 0. The molecule has 0 spiro atoms. The summed E-state index contributed by atoms with van der Waals surface area (Å²) in [6.07, 6.45) is 4.02. The van der Waals surface area contributed by atoms with Gasteiger partial charge in [-0.1, -0.05) is 12.1 Å². The monoisotopic (exact) mass is 396 g/mol. The molecule has 2 aliphatic rings. The maximum atomic E-state index is 5.91. The number of hydrogen-bond acceptors (Lipinski definition) is 7. The number of nitrogens with two attached hydrogens (primary N) is 1. The van der Waals surface area contributed by atoms with Crippen molar-refractivity contribution in [1.82, 2.24) is 19.9 Å². The third-order valence-electron chi connectivity index (χ3n) is 5.23. The summed E-state index contributed by atoms with van der Waals surface area (Å²) in [5.74, 6) is 2.84. The molecular formula is C22H16N6O2. The highest BCUT2D eigenvalue weighted by Crippen LogP contribution is 2.38. The summed E-state index contributed by atoms with van der Waals surface area (Å²) in [6, 6.07) is 15.4. The number of anilines is 1. The first-order valence-electron chi connectivity index (χ1n) is 9.49. The Hall–Kier alpha value is -4.20. The first-order chi connectivity index (χ1) is 14.8. The van der Waals surface area contributed by atoms with Crippen molar-refractivity contribution in [2.45, 2.75) is 6.42 Å². The lowest BCUT2D eigenvalue weighted by Crippen LogP contribution is -2.08. The van der Waals surface area contributed by atoms with E-state index in [0.29, 0.717) is 23.7 Å². The maximum Gasteiger partial charge on any atom is 0.231 e. The van der Waals surface area contributed by atoms with Crippen molar-refractivity contribution < 1.29 is 9.47 Å². The van der Waals surface area contributed by atoms with Crippen LogP contribution < -0.4 is 15.2 Å². The van der Waals surface area contributed by atoms with Gasteiger partial charge in [0.15, 0.2) is 23.1 Å². The molecule has 2 aromatic heterocycles. The van der Waals surface area contributed by atoms with E-state index in [9.17, 15) is 0 Å². The van der Waals surface area contributed by atoms with E-state index in [1.54, 1.807) is 17.1 Å². The van der Waals surface area contributed by atoms with E-state index in [1.165, 1.54) is 0 Å². The highest BCUT2D eigenvalue weighted by atomic mass is 16.7. The molecule has 4 heterocycles. The largest absolute Gasteiger partial charge is 0.454 e. The normalized spacial score (nSPS) is 13.9. The van der Waals surface area contributed by atoms with E-state index in [1.807, 2.05) is 48.5 Å². The van der Waals surface area contributed by atoms with E-state index < -0.39 is 0 Å². The highest BCUT2D eigenvalue weighted by molar-refractivity contribution is 6.14. The second kappa shape index (κ2) is 6.41. The van der Waals surface area contributed by atoms with Gasteiger partial charge in [0, 0.05) is 41.2 Å². The van der Waals surface area contributed by atoms with Crippen LogP contribution in [0.3, 0.4) is 0 Å². The first kappa shape index (κ1) is 16.7. The van der Waals surface area contributed by atoms with Crippen molar-refractivity contribution in [1.29, 1.82) is 0 Å². The Morgan fingerprint density at radius 1 is 0.867 bits per heavy atom. The van der Waals surface area contributed by atoms with E-state index in [-0.39, 0.29) is 6.79 Å². The van der Waals surface area contributed by atoms with Crippen LogP contribution in [0.25, 0.3) is 11.4 Å². The lowest BCUT2D eigenvalue weighted by molar-refractivity contribution is 0.174. The minimum atomic E-state index is 0.217. The van der Waals surface area contributed by atoms with Crippen LogP contribution in [0.2, 0.25) is 0 Å². The molecule has 0 fully saturated rings. The molecule has 6 rings (SSSR count). The standard InChI is InChI=1S/C22H16N6O2/c23-16-3-1-13(2-4-16)21-17-11-19-18(29-12-30-19)9-15(17)10-20-25-26-22(28(20)27-21)14-5-7-24-8-6-14/h1-9,11H,10,12,23H2. The van der Waals surface area contributed by atoms with E-state index in [4.69, 9.17) is 20.3 Å². The lowest BCUT2D eigenvalue weighted by atomic mass is 9.95. The summed E-state index contributed by atoms with van der Waals surface area (Å²) in [5, 5.41) is 13.8. The molecular weight excluding hydrogens is 380 g/mol. The predicted molar refractivity (Wildman–Crippen MR) is 111 cm³/mol. The number of fused-ring (bicyclic) bond motifs is 3. The number of ether oxygens (including phenoxy) is 2. The number of nitrogen functional groups attached to an aromatic ring is 1. The molecule has 30 heavy (non-hydrogen) atoms. The van der Waals surface area contributed by atoms with Gasteiger partial charge in [0.1, 0.15) is 0 Å². The summed E-state index contributed by atoms with van der Waals surface area (Å²) in [4.78, 5) is 4.09. The van der Waals surface area contributed by atoms with E-state index >= 15 is 0 Å². The molecule has 2 aromatic carbocycles. The minimum absolute atomic E-state index is 0.217. The summed E-state index contributed by atoms with van der Waals surface area (Å²) in [5.41, 5.74) is 11.2. The van der Waals surface area contributed by atoms with Gasteiger partial charge >= 0.3 is 0 Å². The molecule has 0 bridgehead atoms. The van der Waals surface area contributed by atoms with Crippen LogP contribution in [-0.4, -0.2) is 32.4 Å². The number of benzene rings is 2. The van der Waals surface area contributed by atoms with Crippen LogP contribution in [0.4, 0.5) is 5.69 Å². The van der Waals surface area contributed by atoms with Crippen molar-refractivity contribution in [2.24, 2.45) is 5.10 Å². The topological polar surface area (TPSA) is 100 Å². The van der Waals surface area contributed by atoms with Crippen molar-refractivity contribution in [3.63, 3.8) is 0 Å². The first-order valence-corrected chi connectivity index (χ1v) is 9.49. The van der Waals surface area contributed by atoms with E-state index in [0.717, 1.165) is 39.5 Å². The lowest BCUT2D eigenvalue weighted by Gasteiger charge is -2.11. The Bertz CT molecular complexity index is 1300. The third-order valence-corrected chi connectivity index (χ3v) is 5.23. The molecule has 0 amide bonds. The zero-order chi connectivity index (χ0) is 20.1. The number of nitrogens with zero attached hydrogens (tertiary/aromatic N) is 5. The summed E-state index contributed by atoms with van der Waals surface area (Å²) < 4.78 is 13.0. The van der Waals surface area contributed by atoms with Crippen LogP contribution >= 0.6 is 0 Å². The Morgan fingerprint density at radius 3 is 2.43 bits per heavy atom. The average Bonchev–Trinajstić information content (AvgIpc) is 3.36. The summed E-state index contributed by atoms with van der Waals surface area (Å²) in [6.45, 7) is 0.217. The van der Waals surface area contributed by atoms with Gasteiger partial charge in [-0.05, 0) is 42.0 Å². The van der Waals surface area contributed by atoms with Crippen molar-refractivity contribution in [2.75, 3.05) is 12.5 Å². The van der Waals surface area contributed by atoms with Crippen molar-refractivity contribution in [3.05, 3.63) is 83.4 Å². The smallest absolute Gasteiger partial charge is 0.231 e. The van der Waals surface area contributed by atoms with Crippen LogP contribution in [-0.2, 0) is 6.42 Å². The molecule has 146 valence electrons. The van der Waals surface area contributed by atoms with Gasteiger partial charge < -0.3 is 15.2 Å². The molecule has 0 saturated heterocycles. The number of rotatable bonds is 2. The second-order valence-corrected chi connectivity index (χ2v) is 7.10. The highest BCUT2D eigenvalue weighted by Gasteiger charge is 2.26. The van der Waals surface area contributed by atoms with E-state index in [2.05, 4.69) is 15.2 Å². The molecule has 0 saturated carbocycles. The average molecular weight is 396 g/mol. The molecule has 2 N–H and O–H groups in total. The molecule has 8 nitrogen and oxygen atoms in total. The van der Waals surface area contributed by atoms with Crippen LogP contribution in [0.5, 0.6) is 11.5 Å². The van der Waals surface area contributed by atoms with Gasteiger partial charge in [0.2, 0.25) is 6.79 Å². The molecule has 2 aliphatic heterocycles. The minimum Gasteiger partial charge on any atom is -0.454 e. The Balaban J connectivity index is 1.60. The molecule has 0 unspecified atom stereocenters. The molecule has 4 aromatic rings. The fourth-order valence-corrected chi connectivity index (χ4v) is 3.74. The summed E-state index contributed by atoms with van der Waals surface area (Å²) in [7, 11) is 0. The van der Waals surface area contributed by atoms with Crippen molar-refractivity contribution in [3.8, 4) is 22.9 Å². The Morgan fingerprint density at radius 2 is 1.63 bits per heavy atom. The molecule has 0 atom stereocenters. The van der Waals surface area contributed by atoms with Gasteiger partial charge in [-0.25, -0.2) is 0 Å². The Kier molecular flexibility index (Phi) is 3.58. The van der Waals surface area contributed by atoms with Gasteiger partial charge in [-0.2, -0.15) is 9.78 Å². The molecule has 0 radical (unpaired) electrons. The molecule has 8 heteroatoms. The zero-order valence-electron chi connectivity index (χ0n) is 15.8. The SMILES string of the molecule is Nc1ccc(C2=Nn3c(nnc3-c3ccncc3)Cc3cc4c(cc32)OCO4)cc1. The van der Waals surface area contributed by atoms with Gasteiger partial charge in [0.05, 0.1) is 5.71 Å². The number of hydrogen-bond donors (Lipinski definition) is 1. The van der Waals surface area contributed by atoms with Crippen LogP contribution in [0, 0.1) is 0 Å². The van der Waals surface area contributed by atoms with Gasteiger partial charge in [-0.15, -0.1) is 10.2 Å². The van der Waals surface area contributed by atoms with Crippen molar-refractivity contribution >= 4 is 11.4 Å². The van der Waals surface area contributed by atoms with Gasteiger partial charge in [0.25, 0.3) is 0 Å². The number of aromatic nitrogens is 4. The third kappa shape index (κ3) is 2.61. The maximum absolute atomic E-state index is 5.91. The van der Waals surface area contributed by atoms with Crippen LogP contribution in [0.15, 0.2) is 66.0 Å². The fourth-order valence-electron chi connectivity index (χ4n) is 3.74. The van der Waals surface area contributed by atoms with Crippen LogP contribution in [0.1, 0.15) is 22.5 Å².